The molecule has 7 nitrogen and oxygen atoms in total. The number of hydrogen-bond acceptors (Lipinski definition) is 7. The summed E-state index contributed by atoms with van der Waals surface area (Å²) in [5.74, 6) is 2.04. The Labute approximate surface area is 163 Å². The number of carbonyl (C=O) groups excluding carboxylic acids is 1. The molecular formula is C19H25N3O4S. The zero-order chi connectivity index (χ0) is 19.4. The minimum Gasteiger partial charge on any atom is -0.497 e. The topological polar surface area (TPSA) is 77.7 Å². The van der Waals surface area contributed by atoms with Gasteiger partial charge in [-0.15, -0.1) is 10.2 Å². The van der Waals surface area contributed by atoms with Gasteiger partial charge in [-0.1, -0.05) is 11.8 Å². The summed E-state index contributed by atoms with van der Waals surface area (Å²) in [7, 11) is 3.17. The van der Waals surface area contributed by atoms with Crippen molar-refractivity contribution in [1.82, 2.24) is 15.1 Å². The van der Waals surface area contributed by atoms with Crippen molar-refractivity contribution in [1.29, 1.82) is 0 Å². The largest absolute Gasteiger partial charge is 0.497 e. The molecule has 0 unspecified atom stereocenters. The molecular weight excluding hydrogens is 366 g/mol. The molecule has 1 aliphatic rings. The lowest BCUT2D eigenvalue weighted by Gasteiger charge is -2.39. The van der Waals surface area contributed by atoms with Crippen LogP contribution in [0.25, 0.3) is 11.5 Å². The number of thioether (sulfide) groups is 1. The van der Waals surface area contributed by atoms with E-state index in [1.807, 2.05) is 4.90 Å². The second-order valence-corrected chi connectivity index (χ2v) is 7.62. The Morgan fingerprint density at radius 2 is 1.78 bits per heavy atom. The molecule has 3 rings (SSSR count). The predicted octanol–water partition coefficient (Wildman–Crippen LogP) is 3.64. The normalized spacial score (nSPS) is 19.8. The van der Waals surface area contributed by atoms with Crippen LogP contribution in [0.3, 0.4) is 0 Å². The Kier molecular flexibility index (Phi) is 6.26. The highest BCUT2D eigenvalue weighted by Gasteiger charge is 2.29. The van der Waals surface area contributed by atoms with Gasteiger partial charge in [-0.05, 0) is 45.2 Å². The Bertz CT molecular complexity index is 763. The molecule has 1 fully saturated rings. The van der Waals surface area contributed by atoms with Crippen LogP contribution in [0.5, 0.6) is 11.5 Å². The average molecular weight is 391 g/mol. The van der Waals surface area contributed by atoms with E-state index in [1.165, 1.54) is 18.2 Å². The van der Waals surface area contributed by atoms with Crippen molar-refractivity contribution in [2.75, 3.05) is 20.0 Å². The Morgan fingerprint density at radius 3 is 2.37 bits per heavy atom. The van der Waals surface area contributed by atoms with Crippen LogP contribution >= 0.6 is 11.8 Å². The molecule has 2 atom stereocenters. The molecule has 1 amide bonds. The number of piperidine rings is 1. The monoisotopic (exact) mass is 391 g/mol. The van der Waals surface area contributed by atoms with Crippen LogP contribution in [0.2, 0.25) is 0 Å². The van der Waals surface area contributed by atoms with Gasteiger partial charge in [-0.3, -0.25) is 4.79 Å². The van der Waals surface area contributed by atoms with Crippen molar-refractivity contribution < 1.29 is 18.7 Å². The number of methoxy groups -OCH3 is 2. The summed E-state index contributed by atoms with van der Waals surface area (Å²) in [6.45, 7) is 4.22. The number of ether oxygens (including phenoxy) is 2. The van der Waals surface area contributed by atoms with E-state index in [2.05, 4.69) is 24.0 Å². The summed E-state index contributed by atoms with van der Waals surface area (Å²) in [6, 6.07) is 5.93. The molecule has 27 heavy (non-hydrogen) atoms. The molecule has 1 aliphatic heterocycles. The molecule has 1 saturated heterocycles. The maximum atomic E-state index is 12.6. The molecule has 1 aromatic heterocycles. The lowest BCUT2D eigenvalue weighted by atomic mass is 9.98. The first-order chi connectivity index (χ1) is 13.0. The van der Waals surface area contributed by atoms with Crippen molar-refractivity contribution >= 4 is 17.7 Å². The smallest absolute Gasteiger partial charge is 0.277 e. The first-order valence-electron chi connectivity index (χ1n) is 9.02. The average Bonchev–Trinajstić information content (AvgIpc) is 3.15. The summed E-state index contributed by atoms with van der Waals surface area (Å²) >= 11 is 1.27. The zero-order valence-corrected chi connectivity index (χ0v) is 16.9. The molecule has 2 aromatic rings. The SMILES string of the molecule is COc1cc(OC)cc(-c2nnc(SCC(=O)N3[C@H](C)CCC[C@H]3C)o2)c1. The van der Waals surface area contributed by atoms with Crippen molar-refractivity contribution in [2.45, 2.75) is 50.4 Å². The van der Waals surface area contributed by atoms with E-state index in [0.717, 1.165) is 12.8 Å². The Morgan fingerprint density at radius 1 is 1.15 bits per heavy atom. The van der Waals surface area contributed by atoms with E-state index in [4.69, 9.17) is 13.9 Å². The van der Waals surface area contributed by atoms with Crippen LogP contribution in [0.4, 0.5) is 0 Å². The maximum absolute atomic E-state index is 12.6. The van der Waals surface area contributed by atoms with Crippen LogP contribution in [0.15, 0.2) is 27.8 Å². The van der Waals surface area contributed by atoms with Crippen LogP contribution in [-0.2, 0) is 4.79 Å². The molecule has 0 N–H and O–H groups in total. The summed E-state index contributed by atoms with van der Waals surface area (Å²) in [5, 5.41) is 8.51. The second-order valence-electron chi connectivity index (χ2n) is 6.69. The number of benzene rings is 1. The summed E-state index contributed by atoms with van der Waals surface area (Å²) < 4.78 is 16.3. The lowest BCUT2D eigenvalue weighted by Crippen LogP contribution is -2.48. The van der Waals surface area contributed by atoms with E-state index < -0.39 is 0 Å². The minimum atomic E-state index is 0.113. The van der Waals surface area contributed by atoms with Gasteiger partial charge >= 0.3 is 0 Å². The lowest BCUT2D eigenvalue weighted by molar-refractivity contribution is -0.134. The number of carbonyl (C=O) groups is 1. The van der Waals surface area contributed by atoms with E-state index in [-0.39, 0.29) is 23.7 Å². The van der Waals surface area contributed by atoms with Crippen LogP contribution < -0.4 is 9.47 Å². The Hall–Kier alpha value is -2.22. The van der Waals surface area contributed by atoms with Crippen LogP contribution in [-0.4, -0.2) is 53.1 Å². The third kappa shape index (κ3) is 4.55. The van der Waals surface area contributed by atoms with Gasteiger partial charge in [0.25, 0.3) is 5.22 Å². The first kappa shape index (κ1) is 19.5. The van der Waals surface area contributed by atoms with E-state index in [1.54, 1.807) is 32.4 Å². The van der Waals surface area contributed by atoms with Crippen LogP contribution in [0, 0.1) is 0 Å². The fourth-order valence-corrected chi connectivity index (χ4v) is 4.06. The molecule has 0 aliphatic carbocycles. The number of aromatic nitrogens is 2. The number of likely N-dealkylation sites (tertiary alicyclic amines) is 1. The highest BCUT2D eigenvalue weighted by Crippen LogP contribution is 2.31. The minimum absolute atomic E-state index is 0.113. The molecule has 0 radical (unpaired) electrons. The zero-order valence-electron chi connectivity index (χ0n) is 16.1. The van der Waals surface area contributed by atoms with Gasteiger partial charge in [0, 0.05) is 23.7 Å². The molecule has 2 heterocycles. The van der Waals surface area contributed by atoms with Gasteiger partial charge in [0.15, 0.2) is 0 Å². The van der Waals surface area contributed by atoms with Gasteiger partial charge < -0.3 is 18.8 Å². The maximum Gasteiger partial charge on any atom is 0.277 e. The fraction of sp³-hybridized carbons (Fsp3) is 0.526. The third-order valence-corrected chi connectivity index (χ3v) is 5.61. The summed E-state index contributed by atoms with van der Waals surface area (Å²) in [6.07, 6.45) is 3.29. The molecule has 0 saturated carbocycles. The Balaban J connectivity index is 1.67. The fourth-order valence-electron chi connectivity index (χ4n) is 3.43. The third-order valence-electron chi connectivity index (χ3n) is 4.81. The van der Waals surface area contributed by atoms with E-state index >= 15 is 0 Å². The second kappa shape index (κ2) is 8.65. The molecule has 146 valence electrons. The first-order valence-corrected chi connectivity index (χ1v) is 10.0. The molecule has 1 aromatic carbocycles. The van der Waals surface area contributed by atoms with Gasteiger partial charge in [0.2, 0.25) is 11.8 Å². The van der Waals surface area contributed by atoms with Crippen molar-refractivity contribution in [3.63, 3.8) is 0 Å². The van der Waals surface area contributed by atoms with Crippen LogP contribution in [0.1, 0.15) is 33.1 Å². The quantitative estimate of drug-likeness (QED) is 0.696. The van der Waals surface area contributed by atoms with Gasteiger partial charge in [0.1, 0.15) is 11.5 Å². The summed E-state index contributed by atoms with van der Waals surface area (Å²) in [5.41, 5.74) is 0.704. The van der Waals surface area contributed by atoms with E-state index in [0.29, 0.717) is 28.2 Å². The molecule has 8 heteroatoms. The van der Waals surface area contributed by atoms with Crippen molar-refractivity contribution in [2.24, 2.45) is 0 Å². The highest BCUT2D eigenvalue weighted by atomic mass is 32.2. The predicted molar refractivity (Wildman–Crippen MR) is 103 cm³/mol. The number of rotatable bonds is 6. The number of amides is 1. The van der Waals surface area contributed by atoms with Crippen molar-refractivity contribution in [3.8, 4) is 23.0 Å². The summed E-state index contributed by atoms with van der Waals surface area (Å²) in [4.78, 5) is 14.6. The van der Waals surface area contributed by atoms with Crippen molar-refractivity contribution in [3.05, 3.63) is 18.2 Å². The number of nitrogens with zero attached hydrogens (tertiary/aromatic N) is 3. The molecule has 0 spiro atoms. The van der Waals surface area contributed by atoms with Gasteiger partial charge in [-0.25, -0.2) is 0 Å². The van der Waals surface area contributed by atoms with Gasteiger partial charge in [0.05, 0.1) is 20.0 Å². The van der Waals surface area contributed by atoms with Gasteiger partial charge in [-0.2, -0.15) is 0 Å². The molecule has 0 bridgehead atoms. The van der Waals surface area contributed by atoms with E-state index in [9.17, 15) is 4.79 Å². The highest BCUT2D eigenvalue weighted by molar-refractivity contribution is 7.99. The standard InChI is InChI=1S/C19H25N3O4S/c1-12-6-5-7-13(2)22(12)17(23)11-27-19-21-20-18(26-19)14-8-15(24-3)10-16(9-14)25-4/h8-10,12-13H,5-7,11H2,1-4H3/t12-,13-/m1/s1. The number of hydrogen-bond donors (Lipinski definition) is 0.